The third-order valence-corrected chi connectivity index (χ3v) is 4.04. The maximum atomic E-state index is 12.1. The molecule has 0 spiro atoms. The SMILES string of the molecule is CC(=O)N1CC/C(=C\c2ccc(C(C)C(=O)OC(C)(C)C)cc2)C1=O. The number of hydrogen-bond donors (Lipinski definition) is 0. The molecule has 2 rings (SSSR count). The van der Waals surface area contributed by atoms with Crippen LogP contribution in [0.3, 0.4) is 0 Å². The van der Waals surface area contributed by atoms with E-state index in [-0.39, 0.29) is 23.7 Å². The molecule has 0 aromatic heterocycles. The van der Waals surface area contributed by atoms with E-state index in [9.17, 15) is 14.4 Å². The summed E-state index contributed by atoms with van der Waals surface area (Å²) in [6.07, 6.45) is 2.36. The number of ether oxygens (including phenoxy) is 1. The molecule has 2 amide bonds. The molecule has 1 heterocycles. The van der Waals surface area contributed by atoms with E-state index in [0.29, 0.717) is 18.5 Å². The molecule has 1 unspecified atom stereocenters. The van der Waals surface area contributed by atoms with Gasteiger partial charge in [0.15, 0.2) is 0 Å². The molecule has 0 N–H and O–H groups in total. The van der Waals surface area contributed by atoms with Crippen LogP contribution >= 0.6 is 0 Å². The van der Waals surface area contributed by atoms with Gasteiger partial charge in [-0.3, -0.25) is 19.3 Å². The molecule has 1 saturated heterocycles. The lowest BCUT2D eigenvalue weighted by Gasteiger charge is -2.22. The molecule has 0 saturated carbocycles. The average molecular weight is 343 g/mol. The summed E-state index contributed by atoms with van der Waals surface area (Å²) in [6.45, 7) is 9.18. The number of likely N-dealkylation sites (tertiary alicyclic amines) is 1. The van der Waals surface area contributed by atoms with Crippen molar-refractivity contribution in [2.75, 3.05) is 6.54 Å². The summed E-state index contributed by atoms with van der Waals surface area (Å²) in [5.74, 6) is -1.07. The van der Waals surface area contributed by atoms with Crippen LogP contribution in [0, 0.1) is 0 Å². The number of carbonyl (C=O) groups excluding carboxylic acids is 3. The number of carbonyl (C=O) groups is 3. The molecule has 25 heavy (non-hydrogen) atoms. The maximum absolute atomic E-state index is 12.1. The van der Waals surface area contributed by atoms with E-state index >= 15 is 0 Å². The Hall–Kier alpha value is -2.43. The van der Waals surface area contributed by atoms with Crippen molar-refractivity contribution in [3.63, 3.8) is 0 Å². The van der Waals surface area contributed by atoms with Crippen molar-refractivity contribution in [1.29, 1.82) is 0 Å². The molecule has 134 valence electrons. The first-order valence-electron chi connectivity index (χ1n) is 8.44. The van der Waals surface area contributed by atoms with E-state index in [2.05, 4.69) is 0 Å². The number of nitrogens with zero attached hydrogens (tertiary/aromatic N) is 1. The molecule has 5 heteroatoms. The lowest BCUT2D eigenvalue weighted by atomic mass is 9.99. The summed E-state index contributed by atoms with van der Waals surface area (Å²) in [6, 6.07) is 7.46. The zero-order valence-electron chi connectivity index (χ0n) is 15.5. The first-order chi connectivity index (χ1) is 11.6. The minimum Gasteiger partial charge on any atom is -0.460 e. The van der Waals surface area contributed by atoms with E-state index in [4.69, 9.17) is 4.74 Å². The third-order valence-electron chi connectivity index (χ3n) is 4.04. The lowest BCUT2D eigenvalue weighted by molar-refractivity contribution is -0.156. The minimum absolute atomic E-state index is 0.223. The van der Waals surface area contributed by atoms with Gasteiger partial charge in [0.2, 0.25) is 5.91 Å². The smallest absolute Gasteiger partial charge is 0.313 e. The number of rotatable bonds is 3. The third kappa shape index (κ3) is 4.78. The van der Waals surface area contributed by atoms with Crippen LogP contribution in [-0.2, 0) is 19.1 Å². The van der Waals surface area contributed by atoms with Gasteiger partial charge in [0.05, 0.1) is 5.92 Å². The molecule has 1 fully saturated rings. The number of hydrogen-bond acceptors (Lipinski definition) is 4. The fourth-order valence-corrected chi connectivity index (χ4v) is 2.66. The number of benzene rings is 1. The van der Waals surface area contributed by atoms with Crippen molar-refractivity contribution >= 4 is 23.9 Å². The number of imide groups is 1. The molecule has 1 aromatic carbocycles. The van der Waals surface area contributed by atoms with Crippen LogP contribution in [0.5, 0.6) is 0 Å². The highest BCUT2D eigenvalue weighted by atomic mass is 16.6. The summed E-state index contributed by atoms with van der Waals surface area (Å²) >= 11 is 0. The molecule has 1 aliphatic rings. The van der Waals surface area contributed by atoms with Crippen molar-refractivity contribution in [3.05, 3.63) is 41.0 Å². The standard InChI is InChI=1S/C20H25NO4/c1-13(19(24)25-20(3,4)5)16-8-6-15(7-9-16)12-17-10-11-21(14(2)22)18(17)23/h6-9,12-13H,10-11H2,1-5H3/b17-12+. The van der Waals surface area contributed by atoms with Crippen molar-refractivity contribution in [1.82, 2.24) is 4.90 Å². The van der Waals surface area contributed by atoms with Gasteiger partial charge in [-0.15, -0.1) is 0 Å². The van der Waals surface area contributed by atoms with E-state index < -0.39 is 5.60 Å². The Bertz CT molecular complexity index is 710. The first kappa shape index (κ1) is 18.9. The van der Waals surface area contributed by atoms with Crippen molar-refractivity contribution in [2.24, 2.45) is 0 Å². The Morgan fingerprint density at radius 3 is 2.28 bits per heavy atom. The molecule has 0 bridgehead atoms. The second-order valence-electron chi connectivity index (χ2n) is 7.32. The normalized spacial score (nSPS) is 17.7. The molecule has 1 atom stereocenters. The Balaban J connectivity index is 2.10. The summed E-state index contributed by atoms with van der Waals surface area (Å²) in [7, 11) is 0. The average Bonchev–Trinajstić information content (AvgIpc) is 2.87. The van der Waals surface area contributed by atoms with Crippen molar-refractivity contribution in [2.45, 2.75) is 52.6 Å². The summed E-state index contributed by atoms with van der Waals surface area (Å²) in [4.78, 5) is 36.9. The highest BCUT2D eigenvalue weighted by molar-refractivity contribution is 6.08. The number of amides is 2. The van der Waals surface area contributed by atoms with Crippen LogP contribution in [0.1, 0.15) is 58.1 Å². The van der Waals surface area contributed by atoms with Crippen LogP contribution in [0.25, 0.3) is 6.08 Å². The van der Waals surface area contributed by atoms with E-state index in [1.54, 1.807) is 6.08 Å². The van der Waals surface area contributed by atoms with Gasteiger partial charge in [0.25, 0.3) is 5.91 Å². The molecule has 5 nitrogen and oxygen atoms in total. The Morgan fingerprint density at radius 1 is 1.20 bits per heavy atom. The topological polar surface area (TPSA) is 63.7 Å². The molecular formula is C20H25NO4. The van der Waals surface area contributed by atoms with E-state index in [1.165, 1.54) is 11.8 Å². The van der Waals surface area contributed by atoms with Crippen molar-refractivity contribution in [3.8, 4) is 0 Å². The fourth-order valence-electron chi connectivity index (χ4n) is 2.66. The largest absolute Gasteiger partial charge is 0.460 e. The second-order valence-corrected chi connectivity index (χ2v) is 7.32. The van der Waals surface area contributed by atoms with Gasteiger partial charge in [0.1, 0.15) is 5.60 Å². The minimum atomic E-state index is -0.513. The van der Waals surface area contributed by atoms with E-state index in [0.717, 1.165) is 11.1 Å². The fraction of sp³-hybridized carbons (Fsp3) is 0.450. The summed E-state index contributed by atoms with van der Waals surface area (Å²) in [5, 5.41) is 0. The second kappa shape index (κ2) is 7.21. The highest BCUT2D eigenvalue weighted by Gasteiger charge is 2.28. The molecule has 0 radical (unpaired) electrons. The summed E-state index contributed by atoms with van der Waals surface area (Å²) < 4.78 is 5.41. The van der Waals surface area contributed by atoms with E-state index in [1.807, 2.05) is 52.0 Å². The molecular weight excluding hydrogens is 318 g/mol. The maximum Gasteiger partial charge on any atom is 0.313 e. The summed E-state index contributed by atoms with van der Waals surface area (Å²) in [5.41, 5.74) is 1.85. The van der Waals surface area contributed by atoms with Gasteiger partial charge in [-0.1, -0.05) is 24.3 Å². The quantitative estimate of drug-likeness (QED) is 0.624. The molecule has 0 aliphatic carbocycles. The Kier molecular flexibility index (Phi) is 5.45. The van der Waals surface area contributed by atoms with Crippen LogP contribution in [0.2, 0.25) is 0 Å². The van der Waals surface area contributed by atoms with Gasteiger partial charge in [0, 0.05) is 19.0 Å². The van der Waals surface area contributed by atoms with Gasteiger partial charge in [-0.25, -0.2) is 0 Å². The van der Waals surface area contributed by atoms with Gasteiger partial charge in [-0.05, 0) is 51.3 Å². The predicted octanol–water partition coefficient (Wildman–Crippen LogP) is 3.29. The lowest BCUT2D eigenvalue weighted by Crippen LogP contribution is -2.29. The zero-order chi connectivity index (χ0) is 18.8. The van der Waals surface area contributed by atoms with Gasteiger partial charge >= 0.3 is 5.97 Å². The van der Waals surface area contributed by atoms with Gasteiger partial charge in [-0.2, -0.15) is 0 Å². The Morgan fingerprint density at radius 2 is 1.80 bits per heavy atom. The van der Waals surface area contributed by atoms with Crippen LogP contribution in [-0.4, -0.2) is 34.8 Å². The predicted molar refractivity (Wildman–Crippen MR) is 95.7 cm³/mol. The highest BCUT2D eigenvalue weighted by Crippen LogP contribution is 2.23. The van der Waals surface area contributed by atoms with Crippen LogP contribution in [0.15, 0.2) is 29.8 Å². The zero-order valence-corrected chi connectivity index (χ0v) is 15.5. The van der Waals surface area contributed by atoms with Crippen molar-refractivity contribution < 1.29 is 19.1 Å². The van der Waals surface area contributed by atoms with Gasteiger partial charge < -0.3 is 4.74 Å². The molecule has 1 aliphatic heterocycles. The monoisotopic (exact) mass is 343 g/mol. The first-order valence-corrected chi connectivity index (χ1v) is 8.44. The molecule has 1 aromatic rings. The Labute approximate surface area is 148 Å². The number of esters is 1. The van der Waals surface area contributed by atoms with Crippen LogP contribution in [0.4, 0.5) is 0 Å². The van der Waals surface area contributed by atoms with Crippen LogP contribution < -0.4 is 0 Å².